The zero-order valence-corrected chi connectivity index (χ0v) is 10.9. The molecule has 3 heteroatoms. The molecule has 2 N–H and O–H groups in total. The average molecular weight is 241 g/mol. The van der Waals surface area contributed by atoms with Gasteiger partial charge in [-0.25, -0.2) is 0 Å². The first-order valence-corrected chi connectivity index (χ1v) is 7.35. The minimum Gasteiger partial charge on any atom is -0.395 e. The van der Waals surface area contributed by atoms with Crippen molar-refractivity contribution in [1.82, 2.24) is 5.32 Å². The molecular formula is C14H27NO2. The predicted octanol–water partition coefficient (Wildman–Crippen LogP) is 2.09. The molecule has 0 aromatic carbocycles. The number of aliphatic hydroxyl groups is 1. The zero-order chi connectivity index (χ0) is 11.9. The van der Waals surface area contributed by atoms with Crippen molar-refractivity contribution in [2.45, 2.75) is 63.5 Å². The molecule has 17 heavy (non-hydrogen) atoms. The van der Waals surface area contributed by atoms with E-state index in [1.54, 1.807) is 0 Å². The SMILES string of the molecule is OCC(NC1CCCCCC1)C1CCCOC1. The van der Waals surface area contributed by atoms with Crippen LogP contribution in [0.5, 0.6) is 0 Å². The fraction of sp³-hybridized carbons (Fsp3) is 1.00. The lowest BCUT2D eigenvalue weighted by Gasteiger charge is -2.32. The van der Waals surface area contributed by atoms with E-state index in [9.17, 15) is 5.11 Å². The molecule has 0 bridgehead atoms. The molecule has 2 atom stereocenters. The van der Waals surface area contributed by atoms with Crippen molar-refractivity contribution < 1.29 is 9.84 Å². The summed E-state index contributed by atoms with van der Waals surface area (Å²) in [6, 6.07) is 0.870. The summed E-state index contributed by atoms with van der Waals surface area (Å²) in [5.74, 6) is 0.511. The molecule has 0 radical (unpaired) electrons. The molecule has 2 unspecified atom stereocenters. The lowest BCUT2D eigenvalue weighted by molar-refractivity contribution is 0.0254. The van der Waals surface area contributed by atoms with Gasteiger partial charge in [-0.1, -0.05) is 25.7 Å². The van der Waals surface area contributed by atoms with E-state index in [2.05, 4.69) is 5.32 Å². The molecule has 1 aliphatic carbocycles. The third-order valence-corrected chi connectivity index (χ3v) is 4.27. The van der Waals surface area contributed by atoms with E-state index < -0.39 is 0 Å². The lowest BCUT2D eigenvalue weighted by atomic mass is 9.93. The first-order valence-electron chi connectivity index (χ1n) is 7.35. The maximum atomic E-state index is 9.56. The van der Waals surface area contributed by atoms with E-state index in [1.807, 2.05) is 0 Å². The number of aliphatic hydroxyl groups excluding tert-OH is 1. The number of ether oxygens (including phenoxy) is 1. The van der Waals surface area contributed by atoms with E-state index in [0.29, 0.717) is 12.0 Å². The highest BCUT2D eigenvalue weighted by Gasteiger charge is 2.26. The number of hydrogen-bond donors (Lipinski definition) is 2. The van der Waals surface area contributed by atoms with Crippen LogP contribution in [-0.2, 0) is 4.74 Å². The predicted molar refractivity (Wildman–Crippen MR) is 69.0 cm³/mol. The molecule has 1 saturated carbocycles. The van der Waals surface area contributed by atoms with Gasteiger partial charge in [-0.15, -0.1) is 0 Å². The van der Waals surface area contributed by atoms with Gasteiger partial charge >= 0.3 is 0 Å². The summed E-state index contributed by atoms with van der Waals surface area (Å²) in [4.78, 5) is 0. The van der Waals surface area contributed by atoms with Crippen LogP contribution in [0.2, 0.25) is 0 Å². The van der Waals surface area contributed by atoms with Gasteiger partial charge in [-0.05, 0) is 31.6 Å². The van der Waals surface area contributed by atoms with Crippen LogP contribution in [-0.4, -0.2) is 37.0 Å². The summed E-state index contributed by atoms with van der Waals surface area (Å²) in [6.07, 6.45) is 10.4. The molecule has 100 valence electrons. The Kier molecular flexibility index (Phi) is 5.75. The minimum absolute atomic E-state index is 0.249. The van der Waals surface area contributed by atoms with Crippen molar-refractivity contribution in [3.8, 4) is 0 Å². The topological polar surface area (TPSA) is 41.5 Å². The molecule has 0 aromatic rings. The van der Waals surface area contributed by atoms with Crippen molar-refractivity contribution >= 4 is 0 Å². The highest BCUT2D eigenvalue weighted by atomic mass is 16.5. The second kappa shape index (κ2) is 7.34. The molecule has 2 aliphatic rings. The molecule has 1 saturated heterocycles. The molecule has 0 spiro atoms. The van der Waals surface area contributed by atoms with Gasteiger partial charge in [0, 0.05) is 18.7 Å². The van der Waals surface area contributed by atoms with Crippen molar-refractivity contribution in [2.75, 3.05) is 19.8 Å². The summed E-state index contributed by atoms with van der Waals surface area (Å²) in [6.45, 7) is 1.98. The summed E-state index contributed by atoms with van der Waals surface area (Å²) in [5, 5.41) is 13.2. The first kappa shape index (κ1) is 13.3. The van der Waals surface area contributed by atoms with Gasteiger partial charge in [0.1, 0.15) is 0 Å². The highest BCUT2D eigenvalue weighted by Crippen LogP contribution is 2.21. The number of hydrogen-bond acceptors (Lipinski definition) is 3. The van der Waals surface area contributed by atoms with E-state index in [4.69, 9.17) is 4.74 Å². The molecule has 2 rings (SSSR count). The minimum atomic E-state index is 0.249. The third kappa shape index (κ3) is 4.23. The van der Waals surface area contributed by atoms with Crippen LogP contribution in [0.25, 0.3) is 0 Å². The lowest BCUT2D eigenvalue weighted by Crippen LogP contribution is -2.47. The molecule has 1 aliphatic heterocycles. The Labute approximate surface area is 105 Å². The second-order valence-electron chi connectivity index (χ2n) is 5.62. The van der Waals surface area contributed by atoms with E-state index >= 15 is 0 Å². The summed E-state index contributed by atoms with van der Waals surface area (Å²) >= 11 is 0. The standard InChI is InChI=1S/C14H27NO2/c16-10-14(12-6-5-9-17-11-12)15-13-7-3-1-2-4-8-13/h12-16H,1-11H2. The van der Waals surface area contributed by atoms with E-state index in [0.717, 1.165) is 19.6 Å². The van der Waals surface area contributed by atoms with E-state index in [-0.39, 0.29) is 12.6 Å². The van der Waals surface area contributed by atoms with Crippen LogP contribution in [0.3, 0.4) is 0 Å². The third-order valence-electron chi connectivity index (χ3n) is 4.27. The van der Waals surface area contributed by atoms with Crippen LogP contribution in [0.15, 0.2) is 0 Å². The van der Waals surface area contributed by atoms with Gasteiger partial charge in [0.2, 0.25) is 0 Å². The van der Waals surface area contributed by atoms with Crippen LogP contribution in [0, 0.1) is 5.92 Å². The van der Waals surface area contributed by atoms with Gasteiger partial charge in [-0.3, -0.25) is 0 Å². The number of rotatable bonds is 4. The fourth-order valence-corrected chi connectivity index (χ4v) is 3.17. The van der Waals surface area contributed by atoms with Crippen LogP contribution >= 0.6 is 0 Å². The molecule has 1 heterocycles. The molecule has 3 nitrogen and oxygen atoms in total. The van der Waals surface area contributed by atoms with Crippen molar-refractivity contribution in [1.29, 1.82) is 0 Å². The second-order valence-corrected chi connectivity index (χ2v) is 5.62. The number of nitrogens with one attached hydrogen (secondary N) is 1. The Balaban J connectivity index is 1.80. The average Bonchev–Trinajstić information content (AvgIpc) is 2.65. The monoisotopic (exact) mass is 241 g/mol. The smallest absolute Gasteiger partial charge is 0.0588 e. The summed E-state index contributed by atoms with van der Waals surface area (Å²) < 4.78 is 5.53. The maximum Gasteiger partial charge on any atom is 0.0588 e. The van der Waals surface area contributed by atoms with Gasteiger partial charge in [0.25, 0.3) is 0 Å². The van der Waals surface area contributed by atoms with E-state index in [1.165, 1.54) is 44.9 Å². The van der Waals surface area contributed by atoms with Crippen LogP contribution < -0.4 is 5.32 Å². The largest absolute Gasteiger partial charge is 0.395 e. The van der Waals surface area contributed by atoms with Gasteiger partial charge in [0.15, 0.2) is 0 Å². The molecule has 2 fully saturated rings. The Hall–Kier alpha value is -0.120. The van der Waals surface area contributed by atoms with Gasteiger partial charge in [0.05, 0.1) is 13.2 Å². The van der Waals surface area contributed by atoms with Crippen molar-refractivity contribution in [2.24, 2.45) is 5.92 Å². The summed E-state index contributed by atoms with van der Waals surface area (Å²) in [5.41, 5.74) is 0. The Morgan fingerprint density at radius 1 is 1.06 bits per heavy atom. The van der Waals surface area contributed by atoms with Crippen molar-refractivity contribution in [3.63, 3.8) is 0 Å². The molecule has 0 amide bonds. The Morgan fingerprint density at radius 2 is 1.82 bits per heavy atom. The quantitative estimate of drug-likeness (QED) is 0.741. The zero-order valence-electron chi connectivity index (χ0n) is 10.9. The summed E-state index contributed by atoms with van der Waals surface area (Å²) in [7, 11) is 0. The Morgan fingerprint density at radius 3 is 2.41 bits per heavy atom. The van der Waals surface area contributed by atoms with Crippen LogP contribution in [0.1, 0.15) is 51.4 Å². The van der Waals surface area contributed by atoms with Gasteiger partial charge < -0.3 is 15.2 Å². The first-order chi connectivity index (χ1) is 8.40. The van der Waals surface area contributed by atoms with Crippen molar-refractivity contribution in [3.05, 3.63) is 0 Å². The fourth-order valence-electron chi connectivity index (χ4n) is 3.17. The van der Waals surface area contributed by atoms with Gasteiger partial charge in [-0.2, -0.15) is 0 Å². The maximum absolute atomic E-state index is 9.56. The van der Waals surface area contributed by atoms with Crippen LogP contribution in [0.4, 0.5) is 0 Å². The highest BCUT2D eigenvalue weighted by molar-refractivity contribution is 4.82. The molecule has 0 aromatic heterocycles. The normalized spacial score (nSPS) is 29.8. The Bertz CT molecular complexity index is 196. The molecular weight excluding hydrogens is 214 g/mol.